The Morgan fingerprint density at radius 1 is 1.24 bits per heavy atom. The van der Waals surface area contributed by atoms with Crippen LogP contribution in [0.5, 0.6) is 0 Å². The molecule has 0 aliphatic heterocycles. The van der Waals surface area contributed by atoms with Crippen molar-refractivity contribution in [2.24, 2.45) is 11.3 Å². The third-order valence-corrected chi connectivity index (χ3v) is 3.40. The first kappa shape index (κ1) is 18.0. The van der Waals surface area contributed by atoms with Gasteiger partial charge in [0.05, 0.1) is 10.6 Å². The fourth-order valence-corrected chi connectivity index (χ4v) is 2.76. The van der Waals surface area contributed by atoms with E-state index in [1.165, 1.54) is 6.07 Å². The minimum atomic E-state index is -4.50. The molecule has 1 aromatic rings. The van der Waals surface area contributed by atoms with E-state index in [0.717, 1.165) is 18.6 Å². The molecule has 1 aromatic carbocycles. The molecule has 0 bridgehead atoms. The van der Waals surface area contributed by atoms with E-state index in [9.17, 15) is 18.0 Å². The minimum Gasteiger partial charge on any atom is -0.294 e. The highest BCUT2D eigenvalue weighted by molar-refractivity contribution is 6.31. The maximum absolute atomic E-state index is 12.6. The lowest BCUT2D eigenvalue weighted by Gasteiger charge is -2.22. The summed E-state index contributed by atoms with van der Waals surface area (Å²) in [5, 5.41) is -0.433. The molecule has 0 amide bonds. The van der Waals surface area contributed by atoms with Gasteiger partial charge in [-0.25, -0.2) is 0 Å². The second-order valence-corrected chi connectivity index (χ2v) is 7.10. The zero-order valence-corrected chi connectivity index (χ0v) is 13.4. The number of hydrogen-bond donors (Lipinski definition) is 0. The Morgan fingerprint density at radius 3 is 2.24 bits per heavy atom. The van der Waals surface area contributed by atoms with E-state index >= 15 is 0 Å². The monoisotopic (exact) mass is 320 g/mol. The van der Waals surface area contributed by atoms with E-state index < -0.39 is 16.8 Å². The topological polar surface area (TPSA) is 17.1 Å². The number of hydrogen-bond acceptors (Lipinski definition) is 1. The summed E-state index contributed by atoms with van der Waals surface area (Å²) in [6.45, 7) is 8.23. The Labute approximate surface area is 128 Å². The second kappa shape index (κ2) is 6.39. The zero-order valence-electron chi connectivity index (χ0n) is 12.6. The first-order valence-electron chi connectivity index (χ1n) is 6.80. The molecule has 1 atom stereocenters. The van der Waals surface area contributed by atoms with Crippen molar-refractivity contribution in [1.82, 2.24) is 0 Å². The number of carbonyl (C=O) groups excluding carboxylic acids is 1. The van der Waals surface area contributed by atoms with Crippen LogP contribution in [0.1, 0.15) is 56.5 Å². The van der Waals surface area contributed by atoms with Crippen molar-refractivity contribution in [2.45, 2.75) is 46.7 Å². The van der Waals surface area contributed by atoms with Crippen LogP contribution in [-0.2, 0) is 6.18 Å². The van der Waals surface area contributed by atoms with Crippen LogP contribution < -0.4 is 0 Å². The van der Waals surface area contributed by atoms with Gasteiger partial charge in [-0.15, -0.1) is 0 Å². The van der Waals surface area contributed by atoms with Gasteiger partial charge in [0.15, 0.2) is 5.78 Å². The van der Waals surface area contributed by atoms with Crippen molar-refractivity contribution in [1.29, 1.82) is 0 Å². The van der Waals surface area contributed by atoms with E-state index in [4.69, 9.17) is 11.6 Å². The molecular formula is C16H20ClF3O. The number of carbonyl (C=O) groups is 1. The van der Waals surface area contributed by atoms with Crippen LogP contribution >= 0.6 is 11.6 Å². The highest BCUT2D eigenvalue weighted by Crippen LogP contribution is 2.35. The summed E-state index contributed by atoms with van der Waals surface area (Å²) >= 11 is 5.63. The van der Waals surface area contributed by atoms with Gasteiger partial charge in [-0.1, -0.05) is 45.4 Å². The molecule has 1 nitrogen and oxygen atoms in total. The largest absolute Gasteiger partial charge is 0.417 e. The molecule has 0 saturated carbocycles. The van der Waals surface area contributed by atoms with E-state index in [0.29, 0.717) is 6.42 Å². The summed E-state index contributed by atoms with van der Waals surface area (Å²) < 4.78 is 37.8. The highest BCUT2D eigenvalue weighted by Gasteiger charge is 2.33. The molecule has 1 rings (SSSR count). The van der Waals surface area contributed by atoms with Crippen molar-refractivity contribution in [3.05, 3.63) is 34.3 Å². The van der Waals surface area contributed by atoms with Gasteiger partial charge in [-0.3, -0.25) is 4.79 Å². The molecule has 118 valence electrons. The molecule has 21 heavy (non-hydrogen) atoms. The van der Waals surface area contributed by atoms with Crippen LogP contribution in [0.25, 0.3) is 0 Å². The second-order valence-electron chi connectivity index (χ2n) is 6.69. The first-order chi connectivity index (χ1) is 9.40. The van der Waals surface area contributed by atoms with Gasteiger partial charge in [-0.05, 0) is 29.9 Å². The number of Topliss-reactive ketones (excluding diaryl/α,β-unsaturated/α-hetero) is 1. The molecule has 0 aromatic heterocycles. The Bertz CT molecular complexity index is 515. The van der Waals surface area contributed by atoms with Gasteiger partial charge in [0, 0.05) is 12.0 Å². The SMILES string of the molecule is CC(CC(=O)c1ccc(C(F)(F)F)c(Cl)c1)CC(C)(C)C. The normalized spacial score (nSPS) is 14.1. The highest BCUT2D eigenvalue weighted by atomic mass is 35.5. The predicted molar refractivity (Wildman–Crippen MR) is 78.6 cm³/mol. The van der Waals surface area contributed by atoms with Crippen molar-refractivity contribution in [3.8, 4) is 0 Å². The third-order valence-electron chi connectivity index (χ3n) is 3.09. The minimum absolute atomic E-state index is 0.109. The summed E-state index contributed by atoms with van der Waals surface area (Å²) in [5.41, 5.74) is -0.575. The average molecular weight is 321 g/mol. The molecular weight excluding hydrogens is 301 g/mol. The smallest absolute Gasteiger partial charge is 0.294 e. The summed E-state index contributed by atoms with van der Waals surface area (Å²) in [6, 6.07) is 3.17. The molecule has 0 fully saturated rings. The summed E-state index contributed by atoms with van der Waals surface area (Å²) in [5.74, 6) is -0.0130. The quantitative estimate of drug-likeness (QED) is 0.621. The van der Waals surface area contributed by atoms with Gasteiger partial charge in [0.1, 0.15) is 0 Å². The zero-order chi connectivity index (χ0) is 16.4. The van der Waals surface area contributed by atoms with Gasteiger partial charge in [-0.2, -0.15) is 13.2 Å². The lowest BCUT2D eigenvalue weighted by molar-refractivity contribution is -0.137. The Morgan fingerprint density at radius 2 is 1.81 bits per heavy atom. The number of alkyl halides is 3. The number of benzene rings is 1. The molecule has 0 aliphatic carbocycles. The van der Waals surface area contributed by atoms with Crippen LogP contribution in [0.15, 0.2) is 18.2 Å². The molecule has 0 spiro atoms. The molecule has 5 heteroatoms. The van der Waals surface area contributed by atoms with Crippen LogP contribution in [0.4, 0.5) is 13.2 Å². The molecule has 0 aliphatic rings. The Balaban J connectivity index is 2.83. The number of halogens is 4. The Kier molecular flexibility index (Phi) is 5.48. The fourth-order valence-electron chi connectivity index (χ4n) is 2.47. The summed E-state index contributed by atoms with van der Waals surface area (Å²) in [4.78, 5) is 12.1. The van der Waals surface area contributed by atoms with E-state index in [2.05, 4.69) is 20.8 Å². The maximum atomic E-state index is 12.6. The standard InChI is InChI=1S/C16H20ClF3O/c1-10(9-15(2,3)4)7-14(21)11-5-6-12(13(17)8-11)16(18,19)20/h5-6,8,10H,7,9H2,1-4H3. The maximum Gasteiger partial charge on any atom is 0.417 e. The van der Waals surface area contributed by atoms with Gasteiger partial charge < -0.3 is 0 Å². The lowest BCUT2D eigenvalue weighted by Crippen LogP contribution is -2.15. The van der Waals surface area contributed by atoms with E-state index in [1.54, 1.807) is 0 Å². The molecule has 0 heterocycles. The van der Waals surface area contributed by atoms with Crippen LogP contribution in [-0.4, -0.2) is 5.78 Å². The van der Waals surface area contributed by atoms with Crippen LogP contribution in [0.2, 0.25) is 5.02 Å². The number of ketones is 1. The van der Waals surface area contributed by atoms with Crippen molar-refractivity contribution in [2.75, 3.05) is 0 Å². The van der Waals surface area contributed by atoms with Crippen LogP contribution in [0, 0.1) is 11.3 Å². The molecule has 0 saturated heterocycles. The molecule has 0 N–H and O–H groups in total. The summed E-state index contributed by atoms with van der Waals surface area (Å²) in [7, 11) is 0. The van der Waals surface area contributed by atoms with E-state index in [-0.39, 0.29) is 22.7 Å². The van der Waals surface area contributed by atoms with Crippen molar-refractivity contribution in [3.63, 3.8) is 0 Å². The lowest BCUT2D eigenvalue weighted by atomic mass is 9.83. The third kappa shape index (κ3) is 5.70. The Hall–Kier alpha value is -1.03. The predicted octanol–water partition coefficient (Wildman–Crippen LogP) is 6.00. The van der Waals surface area contributed by atoms with Crippen molar-refractivity contribution >= 4 is 17.4 Å². The van der Waals surface area contributed by atoms with Gasteiger partial charge in [0.25, 0.3) is 0 Å². The molecule has 1 unspecified atom stereocenters. The van der Waals surface area contributed by atoms with Gasteiger partial charge in [0.2, 0.25) is 0 Å². The molecule has 0 radical (unpaired) electrons. The fraction of sp³-hybridized carbons (Fsp3) is 0.562. The first-order valence-corrected chi connectivity index (χ1v) is 7.18. The van der Waals surface area contributed by atoms with Gasteiger partial charge >= 0.3 is 6.18 Å². The van der Waals surface area contributed by atoms with Crippen LogP contribution in [0.3, 0.4) is 0 Å². The average Bonchev–Trinajstić information content (AvgIpc) is 2.23. The van der Waals surface area contributed by atoms with Crippen molar-refractivity contribution < 1.29 is 18.0 Å². The number of rotatable bonds is 4. The summed E-state index contributed by atoms with van der Waals surface area (Å²) in [6.07, 6.45) is -3.33. The van der Waals surface area contributed by atoms with E-state index in [1.807, 2.05) is 6.92 Å².